The molecule has 0 aliphatic heterocycles. The summed E-state index contributed by atoms with van der Waals surface area (Å²) in [7, 11) is 2.71. The van der Waals surface area contributed by atoms with Crippen LogP contribution in [-0.4, -0.2) is 24.3 Å². The van der Waals surface area contributed by atoms with Gasteiger partial charge in [0.25, 0.3) is 5.58 Å². The van der Waals surface area contributed by atoms with Crippen LogP contribution in [0.1, 0.15) is 0 Å². The zero-order valence-corrected chi connectivity index (χ0v) is 7.55. The Balaban J connectivity index is 2.83. The Labute approximate surface area is 78.2 Å². The topological polar surface area (TPSA) is 83.7 Å². The second kappa shape index (κ2) is 2.72. The molecule has 0 amide bonds. The van der Waals surface area contributed by atoms with E-state index < -0.39 is 0 Å². The molecule has 2 heterocycles. The normalized spacial score (nSPS) is 10.7. The zero-order chi connectivity index (χ0) is 10.3. The highest BCUT2D eigenvalue weighted by atomic mass is 16.6. The molecule has 0 aliphatic carbocycles. The summed E-state index contributed by atoms with van der Waals surface area (Å²) < 4.78 is 14.6. The van der Waals surface area contributed by atoms with E-state index in [0.29, 0.717) is 4.85 Å². The van der Waals surface area contributed by atoms with E-state index in [1.807, 2.05) is 0 Å². The Morgan fingerprint density at radius 1 is 1.50 bits per heavy atom. The van der Waals surface area contributed by atoms with Gasteiger partial charge in [-0.3, -0.25) is 0 Å². The first-order valence-electron chi connectivity index (χ1n) is 3.73. The van der Waals surface area contributed by atoms with E-state index in [-0.39, 0.29) is 27.6 Å². The molecule has 0 bridgehead atoms. The maximum atomic E-state index is 11.2. The standard InChI is InChI=1S/C7H8N2O5/c1-12-4-3-14-6-5(4)8(10)9(11)7(6)13-2/h3,10H,1-2H3. The molecule has 0 radical (unpaired) electrons. The van der Waals surface area contributed by atoms with Gasteiger partial charge in [0.05, 0.1) is 14.2 Å². The van der Waals surface area contributed by atoms with E-state index in [1.165, 1.54) is 20.5 Å². The molecule has 2 aromatic heterocycles. The number of fused-ring (bicyclic) bond motifs is 1. The largest absolute Gasteiger partial charge is 0.591 e. The second-order valence-electron chi connectivity index (χ2n) is 2.55. The second-order valence-corrected chi connectivity index (χ2v) is 2.55. The van der Waals surface area contributed by atoms with Crippen LogP contribution in [0.5, 0.6) is 11.6 Å². The first-order valence-corrected chi connectivity index (χ1v) is 3.73. The smallest absolute Gasteiger partial charge is 0.453 e. The van der Waals surface area contributed by atoms with Crippen molar-refractivity contribution in [1.82, 2.24) is 4.85 Å². The number of hydrogen-bond acceptors (Lipinski definition) is 5. The summed E-state index contributed by atoms with van der Waals surface area (Å²) in [6.07, 6.45) is 1.28. The molecule has 0 saturated heterocycles. The van der Waals surface area contributed by atoms with E-state index in [1.54, 1.807) is 0 Å². The fourth-order valence-electron chi connectivity index (χ4n) is 1.26. The lowest BCUT2D eigenvalue weighted by Crippen LogP contribution is -2.37. The minimum atomic E-state index is -0.120. The van der Waals surface area contributed by atoms with Crippen molar-refractivity contribution in [3.8, 4) is 11.6 Å². The predicted octanol–water partition coefficient (Wildman–Crippen LogP) is 0.122. The van der Waals surface area contributed by atoms with Crippen molar-refractivity contribution >= 4 is 11.1 Å². The molecule has 2 rings (SSSR count). The Kier molecular flexibility index (Phi) is 1.66. The minimum absolute atomic E-state index is 0.120. The van der Waals surface area contributed by atoms with Gasteiger partial charge in [-0.15, -0.1) is 0 Å². The minimum Gasteiger partial charge on any atom is -0.591 e. The molecule has 76 valence electrons. The van der Waals surface area contributed by atoms with Crippen LogP contribution >= 0.6 is 0 Å². The molecule has 7 nitrogen and oxygen atoms in total. The molecular formula is C7H8N2O5. The molecule has 0 aromatic carbocycles. The van der Waals surface area contributed by atoms with Crippen molar-refractivity contribution in [3.63, 3.8) is 0 Å². The third-order valence-electron chi connectivity index (χ3n) is 1.89. The van der Waals surface area contributed by atoms with Gasteiger partial charge in [0.15, 0.2) is 5.75 Å². The van der Waals surface area contributed by atoms with Gasteiger partial charge < -0.3 is 24.3 Å². The van der Waals surface area contributed by atoms with Crippen LogP contribution < -0.4 is 14.3 Å². The quantitative estimate of drug-likeness (QED) is 0.423. The van der Waals surface area contributed by atoms with E-state index in [0.717, 1.165) is 0 Å². The zero-order valence-electron chi connectivity index (χ0n) is 7.55. The van der Waals surface area contributed by atoms with Gasteiger partial charge in [0.1, 0.15) is 6.26 Å². The number of furan rings is 1. The molecule has 0 fully saturated rings. The Morgan fingerprint density at radius 2 is 2.21 bits per heavy atom. The predicted molar refractivity (Wildman–Crippen MR) is 43.5 cm³/mol. The average molecular weight is 200 g/mol. The van der Waals surface area contributed by atoms with Crippen molar-refractivity contribution < 1.29 is 23.9 Å². The van der Waals surface area contributed by atoms with E-state index in [4.69, 9.17) is 13.9 Å². The SMILES string of the molecule is COc1coc2c(OC)[n+]([O-])n(O)c12. The summed E-state index contributed by atoms with van der Waals surface area (Å²) in [6.45, 7) is 0. The van der Waals surface area contributed by atoms with Crippen molar-refractivity contribution in [1.29, 1.82) is 0 Å². The van der Waals surface area contributed by atoms with Crippen LogP contribution in [0.15, 0.2) is 10.7 Å². The first kappa shape index (κ1) is 8.54. The molecule has 14 heavy (non-hydrogen) atoms. The highest BCUT2D eigenvalue weighted by molar-refractivity contribution is 5.82. The van der Waals surface area contributed by atoms with Gasteiger partial charge in [-0.1, -0.05) is 0 Å². The lowest BCUT2D eigenvalue weighted by atomic mass is 10.4. The van der Waals surface area contributed by atoms with E-state index >= 15 is 0 Å². The van der Waals surface area contributed by atoms with Crippen LogP contribution in [-0.2, 0) is 0 Å². The molecule has 0 spiro atoms. The van der Waals surface area contributed by atoms with Crippen LogP contribution in [0.3, 0.4) is 0 Å². The van der Waals surface area contributed by atoms with E-state index in [9.17, 15) is 10.4 Å². The average Bonchev–Trinajstić information content (AvgIpc) is 2.69. The first-order chi connectivity index (χ1) is 6.70. The number of hydrogen-bond donors (Lipinski definition) is 1. The third-order valence-corrected chi connectivity index (χ3v) is 1.89. The maximum Gasteiger partial charge on any atom is 0.453 e. The number of nitrogens with zero attached hydrogens (tertiary/aromatic N) is 2. The van der Waals surface area contributed by atoms with Crippen molar-refractivity contribution in [2.24, 2.45) is 0 Å². The molecule has 0 atom stereocenters. The van der Waals surface area contributed by atoms with Crippen molar-refractivity contribution in [2.75, 3.05) is 14.2 Å². The van der Waals surface area contributed by atoms with Crippen molar-refractivity contribution in [3.05, 3.63) is 11.5 Å². The van der Waals surface area contributed by atoms with Gasteiger partial charge in [-0.05, 0) is 0 Å². The van der Waals surface area contributed by atoms with Crippen LogP contribution in [0.25, 0.3) is 11.1 Å². The molecule has 7 heteroatoms. The third kappa shape index (κ3) is 0.832. The number of rotatable bonds is 2. The molecule has 0 saturated carbocycles. The van der Waals surface area contributed by atoms with Crippen LogP contribution in [0.2, 0.25) is 0 Å². The fourth-order valence-corrected chi connectivity index (χ4v) is 1.26. The Hall–Kier alpha value is -2.05. The molecular weight excluding hydrogens is 192 g/mol. The van der Waals surface area contributed by atoms with Gasteiger partial charge in [-0.2, -0.15) is 0 Å². The summed E-state index contributed by atoms with van der Waals surface area (Å²) in [6, 6.07) is 0. The molecule has 0 aliphatic rings. The van der Waals surface area contributed by atoms with Crippen LogP contribution in [0.4, 0.5) is 0 Å². The Bertz CT molecular complexity index is 472. The van der Waals surface area contributed by atoms with Crippen LogP contribution in [0, 0.1) is 5.21 Å². The van der Waals surface area contributed by atoms with Gasteiger partial charge in [0.2, 0.25) is 5.52 Å². The number of ether oxygens (including phenoxy) is 2. The Morgan fingerprint density at radius 3 is 2.79 bits per heavy atom. The highest BCUT2D eigenvalue weighted by Gasteiger charge is 2.29. The highest BCUT2D eigenvalue weighted by Crippen LogP contribution is 2.31. The lowest BCUT2D eigenvalue weighted by Gasteiger charge is -1.97. The van der Waals surface area contributed by atoms with E-state index in [2.05, 4.69) is 0 Å². The summed E-state index contributed by atoms with van der Waals surface area (Å²) in [5, 5.41) is 20.6. The lowest BCUT2D eigenvalue weighted by molar-refractivity contribution is -0.726. The molecule has 1 N–H and O–H groups in total. The van der Waals surface area contributed by atoms with Gasteiger partial charge >= 0.3 is 5.88 Å². The fraction of sp³-hybridized carbons (Fsp3) is 0.286. The number of methoxy groups -OCH3 is 2. The van der Waals surface area contributed by atoms with Crippen molar-refractivity contribution in [2.45, 2.75) is 0 Å². The summed E-state index contributed by atoms with van der Waals surface area (Å²) in [5.74, 6) is 0.140. The maximum absolute atomic E-state index is 11.2. The summed E-state index contributed by atoms with van der Waals surface area (Å²) in [5.41, 5.74) is 0.279. The molecule has 0 unspecified atom stereocenters. The summed E-state index contributed by atoms with van der Waals surface area (Å²) >= 11 is 0. The molecule has 2 aromatic rings. The summed E-state index contributed by atoms with van der Waals surface area (Å²) in [4.78, 5) is 0.521. The van der Waals surface area contributed by atoms with Gasteiger partial charge in [-0.25, -0.2) is 0 Å². The van der Waals surface area contributed by atoms with Gasteiger partial charge in [0, 0.05) is 9.69 Å². The number of aromatic nitrogens is 2. The monoisotopic (exact) mass is 200 g/mol.